The number of nitrogens with one attached hydrogen (secondary N) is 1. The van der Waals surface area contributed by atoms with Crippen LogP contribution < -0.4 is 5.32 Å². The van der Waals surface area contributed by atoms with Crippen molar-refractivity contribution in [1.82, 2.24) is 10.2 Å². The molecule has 1 fully saturated rings. The van der Waals surface area contributed by atoms with Crippen LogP contribution in [0.2, 0.25) is 0 Å². The molecule has 2 amide bonds. The van der Waals surface area contributed by atoms with Gasteiger partial charge in [0, 0.05) is 16.0 Å². The van der Waals surface area contributed by atoms with Crippen molar-refractivity contribution in [1.29, 1.82) is 0 Å². The zero-order chi connectivity index (χ0) is 28.3. The molecule has 206 valence electrons. The molecule has 0 radical (unpaired) electrons. The Hall–Kier alpha value is -3.17. The topological polar surface area (TPSA) is 140 Å². The fourth-order valence-electron chi connectivity index (χ4n) is 6.60. The number of benzene rings is 1. The number of aliphatic hydroxyl groups excluding tert-OH is 1. The molecule has 2 aliphatic carbocycles. The fourth-order valence-corrected chi connectivity index (χ4v) is 6.60. The highest BCUT2D eigenvalue weighted by atomic mass is 19.1. The molecule has 10 nitrogen and oxygen atoms in total. The average Bonchev–Trinajstić information content (AvgIpc) is 3.17. The Bertz CT molecular complexity index is 1220. The molecular weight excluding hydrogens is 491 g/mol. The van der Waals surface area contributed by atoms with E-state index in [0.29, 0.717) is 30.5 Å². The number of guanidine groups is 1. The number of rotatable bonds is 3. The monoisotopic (exact) mass is 528 g/mol. The van der Waals surface area contributed by atoms with E-state index in [1.54, 1.807) is 32.9 Å². The minimum Gasteiger partial charge on any atom is -0.444 e. The van der Waals surface area contributed by atoms with Crippen LogP contribution >= 0.6 is 0 Å². The van der Waals surface area contributed by atoms with E-state index in [2.05, 4.69) is 15.3 Å². The predicted octanol–water partition coefficient (Wildman–Crippen LogP) is 5.26. The van der Waals surface area contributed by atoms with Crippen molar-refractivity contribution in [2.45, 2.75) is 90.6 Å². The summed E-state index contributed by atoms with van der Waals surface area (Å²) < 4.78 is 20.5. The molecule has 5 atom stereocenters. The number of fused-ring (bicyclic) bond motifs is 3. The largest absolute Gasteiger partial charge is 0.444 e. The maximum Gasteiger partial charge on any atom is 0.414 e. The molecule has 0 unspecified atom stereocenters. The van der Waals surface area contributed by atoms with Crippen molar-refractivity contribution in [2.24, 2.45) is 27.4 Å². The first-order valence-electron chi connectivity index (χ1n) is 13.0. The van der Waals surface area contributed by atoms with Gasteiger partial charge in [-0.3, -0.25) is 15.0 Å². The van der Waals surface area contributed by atoms with Gasteiger partial charge in [-0.15, -0.1) is 0 Å². The lowest BCUT2D eigenvalue weighted by Crippen LogP contribution is -2.56. The SMILES string of the molecule is C[C@@H]1C[C@@]2(Cc3ccc(N=[N+]=[N-])cc3[C@]23N=C(NC(=O)OC(C)(C)C)N(CC(C)(C)F)C3=O)C[C@H](C)[C@H]1O. The second kappa shape index (κ2) is 9.24. The van der Waals surface area contributed by atoms with Crippen molar-refractivity contribution in [3.63, 3.8) is 0 Å². The van der Waals surface area contributed by atoms with E-state index in [-0.39, 0.29) is 24.3 Å². The van der Waals surface area contributed by atoms with Gasteiger partial charge in [-0.1, -0.05) is 31.1 Å². The number of alkyl halides is 1. The number of aliphatic hydroxyl groups is 1. The van der Waals surface area contributed by atoms with E-state index in [4.69, 9.17) is 15.3 Å². The number of aliphatic imine (C=N–C) groups is 1. The molecule has 1 saturated carbocycles. The number of hydrogen-bond donors (Lipinski definition) is 2. The summed E-state index contributed by atoms with van der Waals surface area (Å²) in [4.78, 5) is 36.4. The Labute approximate surface area is 222 Å². The van der Waals surface area contributed by atoms with Crippen LogP contribution in [0.3, 0.4) is 0 Å². The highest BCUT2D eigenvalue weighted by Gasteiger charge is 2.68. The smallest absolute Gasteiger partial charge is 0.414 e. The number of carbonyl (C=O) groups excluding carboxylic acids is 2. The summed E-state index contributed by atoms with van der Waals surface area (Å²) in [7, 11) is 0. The molecule has 1 aliphatic heterocycles. The van der Waals surface area contributed by atoms with Crippen LogP contribution in [0.25, 0.3) is 10.4 Å². The number of halogens is 1. The van der Waals surface area contributed by atoms with E-state index >= 15 is 4.39 Å². The van der Waals surface area contributed by atoms with E-state index in [0.717, 1.165) is 5.56 Å². The molecule has 11 heteroatoms. The number of ether oxygens (including phenoxy) is 1. The Kier molecular flexibility index (Phi) is 6.77. The number of carbonyl (C=O) groups is 2. The summed E-state index contributed by atoms with van der Waals surface area (Å²) in [6.45, 7) is 11.4. The van der Waals surface area contributed by atoms with E-state index in [1.165, 1.54) is 18.7 Å². The van der Waals surface area contributed by atoms with Gasteiger partial charge in [0.2, 0.25) is 5.96 Å². The van der Waals surface area contributed by atoms with Crippen molar-refractivity contribution in [2.75, 3.05) is 6.54 Å². The predicted molar refractivity (Wildman–Crippen MR) is 140 cm³/mol. The Morgan fingerprint density at radius 1 is 1.29 bits per heavy atom. The van der Waals surface area contributed by atoms with Crippen molar-refractivity contribution < 1.29 is 23.8 Å². The lowest BCUT2D eigenvalue weighted by Gasteiger charge is -2.49. The van der Waals surface area contributed by atoms with Gasteiger partial charge in [0.25, 0.3) is 5.91 Å². The molecule has 0 bridgehead atoms. The standard InChI is InChI=1S/C27H37FN6O4/c1-15-11-26(12-16(2)20(15)35)13-17-8-9-18(32-33-29)10-19(17)27(26)21(36)34(14-25(6,7)28)22(31-27)30-23(37)38-24(3,4)5/h8-10,15-16,20,35H,11-14H2,1-7H3,(H,30,31,37)/t15-,16+,20+,26+,27-/m1/s1. The maximum atomic E-state index is 15.1. The van der Waals surface area contributed by atoms with Crippen LogP contribution in [0.4, 0.5) is 14.9 Å². The number of azide groups is 1. The van der Waals surface area contributed by atoms with Crippen molar-refractivity contribution >= 4 is 23.6 Å². The van der Waals surface area contributed by atoms with Gasteiger partial charge in [-0.2, -0.15) is 0 Å². The van der Waals surface area contributed by atoms with Crippen LogP contribution in [0.5, 0.6) is 0 Å². The van der Waals surface area contributed by atoms with Crippen LogP contribution in [-0.2, 0) is 21.5 Å². The summed E-state index contributed by atoms with van der Waals surface area (Å²) >= 11 is 0. The van der Waals surface area contributed by atoms with E-state index in [9.17, 15) is 14.7 Å². The van der Waals surface area contributed by atoms with Gasteiger partial charge in [-0.25, -0.2) is 14.2 Å². The molecule has 3 aliphatic rings. The van der Waals surface area contributed by atoms with Crippen LogP contribution in [0, 0.1) is 17.3 Å². The fraction of sp³-hybridized carbons (Fsp3) is 0.667. The van der Waals surface area contributed by atoms with Crippen LogP contribution in [0.1, 0.15) is 72.4 Å². The Morgan fingerprint density at radius 2 is 1.92 bits per heavy atom. The Balaban J connectivity index is 1.93. The molecule has 1 aromatic carbocycles. The minimum absolute atomic E-state index is 0.0807. The Morgan fingerprint density at radius 3 is 2.47 bits per heavy atom. The molecule has 2 N–H and O–H groups in total. The number of amides is 2. The first-order chi connectivity index (χ1) is 17.5. The third-order valence-electron chi connectivity index (χ3n) is 7.76. The van der Waals surface area contributed by atoms with Gasteiger partial charge in [0.05, 0.1) is 12.6 Å². The molecule has 0 saturated heterocycles. The van der Waals surface area contributed by atoms with Gasteiger partial charge in [0.1, 0.15) is 11.3 Å². The quantitative estimate of drug-likeness (QED) is 0.313. The lowest BCUT2D eigenvalue weighted by molar-refractivity contribution is -0.142. The second-order valence-electron chi connectivity index (χ2n) is 12.7. The molecular formula is C27H37FN6O4. The average molecular weight is 529 g/mol. The van der Waals surface area contributed by atoms with E-state index in [1.807, 2.05) is 19.9 Å². The van der Waals surface area contributed by atoms with Crippen molar-refractivity contribution in [3.05, 3.63) is 39.8 Å². The van der Waals surface area contributed by atoms with Gasteiger partial charge < -0.3 is 9.84 Å². The molecule has 0 aromatic heterocycles. The molecule has 1 aromatic rings. The zero-order valence-corrected chi connectivity index (χ0v) is 23.1. The molecule has 38 heavy (non-hydrogen) atoms. The van der Waals surface area contributed by atoms with Crippen LogP contribution in [-0.4, -0.2) is 51.9 Å². The summed E-state index contributed by atoms with van der Waals surface area (Å²) in [5, 5.41) is 17.1. The highest BCUT2D eigenvalue weighted by Crippen LogP contribution is 2.63. The molecule has 2 spiro atoms. The van der Waals surface area contributed by atoms with Crippen LogP contribution in [0.15, 0.2) is 28.3 Å². The number of hydrogen-bond acceptors (Lipinski definition) is 6. The first kappa shape index (κ1) is 27.9. The normalized spacial score (nSPS) is 30.8. The molecule has 4 rings (SSSR count). The highest BCUT2D eigenvalue weighted by molar-refractivity contribution is 6.12. The van der Waals surface area contributed by atoms with Gasteiger partial charge >= 0.3 is 6.09 Å². The summed E-state index contributed by atoms with van der Waals surface area (Å²) in [5.41, 5.74) is 5.99. The van der Waals surface area contributed by atoms with Gasteiger partial charge in [0.15, 0.2) is 5.54 Å². The number of nitrogens with zero attached hydrogens (tertiary/aromatic N) is 5. The maximum absolute atomic E-state index is 15.1. The first-order valence-corrected chi connectivity index (χ1v) is 13.0. The lowest BCUT2D eigenvalue weighted by atomic mass is 9.56. The number of alkyl carbamates (subject to hydrolysis) is 1. The third-order valence-corrected chi connectivity index (χ3v) is 7.76. The second-order valence-corrected chi connectivity index (χ2v) is 12.7. The third kappa shape index (κ3) is 4.73. The summed E-state index contributed by atoms with van der Waals surface area (Å²) in [6, 6.07) is 5.20. The van der Waals surface area contributed by atoms with Crippen molar-refractivity contribution in [3.8, 4) is 0 Å². The summed E-state index contributed by atoms with van der Waals surface area (Å²) in [6.07, 6.45) is 0.138. The summed E-state index contributed by atoms with van der Waals surface area (Å²) in [5.74, 6) is -0.790. The molecule has 1 heterocycles. The van der Waals surface area contributed by atoms with Gasteiger partial charge in [-0.05, 0) is 88.4 Å². The minimum atomic E-state index is -1.79. The van der Waals surface area contributed by atoms with E-state index < -0.39 is 40.3 Å². The zero-order valence-electron chi connectivity index (χ0n) is 23.1.